The lowest BCUT2D eigenvalue weighted by atomic mass is 10.2. The van der Waals surface area contributed by atoms with Crippen LogP contribution in [-0.4, -0.2) is 46.6 Å². The zero-order valence-corrected chi connectivity index (χ0v) is 14.3. The number of carbonyl (C=O) groups excluding carboxylic acids is 1. The summed E-state index contributed by atoms with van der Waals surface area (Å²) in [5.41, 5.74) is 0.723. The highest BCUT2D eigenvalue weighted by Gasteiger charge is 2.34. The van der Waals surface area contributed by atoms with E-state index < -0.39 is 0 Å². The van der Waals surface area contributed by atoms with Gasteiger partial charge in [0.05, 0.1) is 24.7 Å². The molecule has 0 aromatic heterocycles. The number of hydrogen-bond donors (Lipinski definition) is 1. The lowest BCUT2D eigenvalue weighted by molar-refractivity contribution is -0.123. The molecule has 1 amide bonds. The number of benzene rings is 1. The van der Waals surface area contributed by atoms with Gasteiger partial charge in [0.1, 0.15) is 4.32 Å². The molecule has 1 aromatic rings. The van der Waals surface area contributed by atoms with Crippen molar-refractivity contribution in [3.8, 4) is 11.5 Å². The molecule has 5 nitrogen and oxygen atoms in total. The fourth-order valence-electron chi connectivity index (χ4n) is 2.60. The Morgan fingerprint density at radius 2 is 2.39 bits per heavy atom. The first-order valence-electron chi connectivity index (χ1n) is 7.32. The number of rotatable bonds is 4. The SMILES string of the molecule is COc1ccc(/C=C2\SC(=S)N(C[C@@H]3CCCO3)C2=O)cc1O. The number of phenolic OH excluding ortho intramolecular Hbond substituents is 1. The molecular weight excluding hydrogens is 334 g/mol. The second-order valence-electron chi connectivity index (χ2n) is 5.36. The van der Waals surface area contributed by atoms with Crippen molar-refractivity contribution < 1.29 is 19.4 Å². The largest absolute Gasteiger partial charge is 0.504 e. The number of amides is 1. The van der Waals surface area contributed by atoms with Crippen LogP contribution in [0.2, 0.25) is 0 Å². The van der Waals surface area contributed by atoms with Crippen molar-refractivity contribution in [1.29, 1.82) is 0 Å². The third-order valence-electron chi connectivity index (χ3n) is 3.78. The standard InChI is InChI=1S/C16H17NO4S2/c1-20-13-5-4-10(7-12(13)18)8-14-15(19)17(16(22)23-14)9-11-3-2-6-21-11/h4-5,7-8,11,18H,2-3,6,9H2,1H3/b14-8-/t11-/m0/s1. The quantitative estimate of drug-likeness (QED) is 0.665. The van der Waals surface area contributed by atoms with E-state index in [2.05, 4.69) is 0 Å². The van der Waals surface area contributed by atoms with Gasteiger partial charge in [-0.15, -0.1) is 0 Å². The molecular formula is C16H17NO4S2. The van der Waals surface area contributed by atoms with Crippen molar-refractivity contribution >= 4 is 40.3 Å². The molecule has 1 aromatic carbocycles. The van der Waals surface area contributed by atoms with Crippen molar-refractivity contribution in [2.24, 2.45) is 0 Å². The fourth-order valence-corrected chi connectivity index (χ4v) is 3.87. The predicted molar refractivity (Wildman–Crippen MR) is 93.5 cm³/mol. The summed E-state index contributed by atoms with van der Waals surface area (Å²) in [5, 5.41) is 9.83. The van der Waals surface area contributed by atoms with Gasteiger partial charge in [0.15, 0.2) is 11.5 Å². The maximum atomic E-state index is 12.5. The van der Waals surface area contributed by atoms with Gasteiger partial charge in [0.25, 0.3) is 5.91 Å². The average molecular weight is 351 g/mol. The Morgan fingerprint density at radius 3 is 3.04 bits per heavy atom. The van der Waals surface area contributed by atoms with Crippen LogP contribution in [0.4, 0.5) is 0 Å². The highest BCUT2D eigenvalue weighted by Crippen LogP contribution is 2.35. The zero-order chi connectivity index (χ0) is 16.4. The third-order valence-corrected chi connectivity index (χ3v) is 5.16. The van der Waals surface area contributed by atoms with E-state index >= 15 is 0 Å². The van der Waals surface area contributed by atoms with E-state index in [1.807, 2.05) is 0 Å². The summed E-state index contributed by atoms with van der Waals surface area (Å²) in [6.45, 7) is 1.26. The van der Waals surface area contributed by atoms with E-state index in [0.29, 0.717) is 21.5 Å². The molecule has 0 spiro atoms. The van der Waals surface area contributed by atoms with E-state index in [4.69, 9.17) is 21.7 Å². The summed E-state index contributed by atoms with van der Waals surface area (Å²) in [6, 6.07) is 5.00. The molecule has 2 heterocycles. The number of methoxy groups -OCH3 is 1. The monoisotopic (exact) mass is 351 g/mol. The molecule has 23 heavy (non-hydrogen) atoms. The number of carbonyl (C=O) groups is 1. The average Bonchev–Trinajstić information content (AvgIpc) is 3.12. The van der Waals surface area contributed by atoms with Crippen LogP contribution in [-0.2, 0) is 9.53 Å². The van der Waals surface area contributed by atoms with Crippen LogP contribution in [0.5, 0.6) is 11.5 Å². The van der Waals surface area contributed by atoms with E-state index in [1.165, 1.54) is 18.9 Å². The van der Waals surface area contributed by atoms with Gasteiger partial charge in [-0.05, 0) is 36.6 Å². The van der Waals surface area contributed by atoms with Crippen molar-refractivity contribution in [3.05, 3.63) is 28.7 Å². The molecule has 0 bridgehead atoms. The maximum Gasteiger partial charge on any atom is 0.266 e. The van der Waals surface area contributed by atoms with E-state index in [-0.39, 0.29) is 17.8 Å². The molecule has 3 rings (SSSR count). The molecule has 1 N–H and O–H groups in total. The summed E-state index contributed by atoms with van der Waals surface area (Å²) < 4.78 is 11.1. The van der Waals surface area contributed by atoms with Crippen LogP contribution in [0.25, 0.3) is 6.08 Å². The maximum absolute atomic E-state index is 12.5. The molecule has 2 saturated heterocycles. The van der Waals surface area contributed by atoms with Crippen molar-refractivity contribution in [1.82, 2.24) is 4.90 Å². The first-order chi connectivity index (χ1) is 11.1. The molecule has 0 unspecified atom stereocenters. The summed E-state index contributed by atoms with van der Waals surface area (Å²) in [5.74, 6) is 0.329. The van der Waals surface area contributed by atoms with Gasteiger partial charge in [-0.1, -0.05) is 30.0 Å². The summed E-state index contributed by atoms with van der Waals surface area (Å²) in [7, 11) is 1.49. The number of ether oxygens (including phenoxy) is 2. The Labute approximate surface area is 144 Å². The first kappa shape index (κ1) is 16.3. The Kier molecular flexibility index (Phi) is 4.89. The van der Waals surface area contributed by atoms with Gasteiger partial charge >= 0.3 is 0 Å². The summed E-state index contributed by atoms with van der Waals surface area (Å²) in [6.07, 6.45) is 3.79. The molecule has 0 saturated carbocycles. The Bertz CT molecular complexity index is 668. The van der Waals surface area contributed by atoms with Crippen LogP contribution in [0.15, 0.2) is 23.1 Å². The summed E-state index contributed by atoms with van der Waals surface area (Å²) >= 11 is 6.59. The van der Waals surface area contributed by atoms with E-state index in [0.717, 1.165) is 25.0 Å². The summed E-state index contributed by atoms with van der Waals surface area (Å²) in [4.78, 5) is 14.7. The second-order valence-corrected chi connectivity index (χ2v) is 7.03. The molecule has 2 aliphatic heterocycles. The normalized spacial score (nSPS) is 23.1. The molecule has 122 valence electrons. The molecule has 2 fully saturated rings. The lowest BCUT2D eigenvalue weighted by Gasteiger charge is -2.18. The number of hydrogen-bond acceptors (Lipinski definition) is 6. The number of nitrogens with zero attached hydrogens (tertiary/aromatic N) is 1. The molecule has 1 atom stereocenters. The van der Waals surface area contributed by atoms with Crippen LogP contribution in [0.1, 0.15) is 18.4 Å². The first-order valence-corrected chi connectivity index (χ1v) is 8.55. The van der Waals surface area contributed by atoms with E-state index in [1.54, 1.807) is 29.2 Å². The second kappa shape index (κ2) is 6.90. The fraction of sp³-hybridized carbons (Fsp3) is 0.375. The van der Waals surface area contributed by atoms with Gasteiger partial charge < -0.3 is 14.6 Å². The van der Waals surface area contributed by atoms with Gasteiger partial charge in [-0.2, -0.15) is 0 Å². The van der Waals surface area contributed by atoms with Crippen LogP contribution < -0.4 is 4.74 Å². The third kappa shape index (κ3) is 3.52. The minimum absolute atomic E-state index is 0.0380. The number of phenols is 1. The predicted octanol–water partition coefficient (Wildman–Crippen LogP) is 2.78. The Balaban J connectivity index is 1.76. The minimum atomic E-state index is -0.106. The number of thioether (sulfide) groups is 1. The smallest absolute Gasteiger partial charge is 0.266 e. The molecule has 2 aliphatic rings. The molecule has 0 aliphatic carbocycles. The number of aromatic hydroxyl groups is 1. The van der Waals surface area contributed by atoms with Gasteiger partial charge in [0.2, 0.25) is 0 Å². The van der Waals surface area contributed by atoms with Gasteiger partial charge in [-0.3, -0.25) is 9.69 Å². The highest BCUT2D eigenvalue weighted by atomic mass is 32.2. The van der Waals surface area contributed by atoms with Crippen molar-refractivity contribution in [2.45, 2.75) is 18.9 Å². The molecule has 7 heteroatoms. The molecule has 0 radical (unpaired) electrons. The zero-order valence-electron chi connectivity index (χ0n) is 12.7. The Morgan fingerprint density at radius 1 is 1.57 bits per heavy atom. The number of thiocarbonyl (C=S) groups is 1. The Hall–Kier alpha value is -1.57. The van der Waals surface area contributed by atoms with Gasteiger partial charge in [-0.25, -0.2) is 0 Å². The van der Waals surface area contributed by atoms with Crippen LogP contribution >= 0.6 is 24.0 Å². The lowest BCUT2D eigenvalue weighted by Crippen LogP contribution is -2.35. The van der Waals surface area contributed by atoms with E-state index in [9.17, 15) is 9.90 Å². The van der Waals surface area contributed by atoms with Crippen LogP contribution in [0, 0.1) is 0 Å². The van der Waals surface area contributed by atoms with Crippen LogP contribution in [0.3, 0.4) is 0 Å². The van der Waals surface area contributed by atoms with Gasteiger partial charge in [0, 0.05) is 6.61 Å². The topological polar surface area (TPSA) is 59.0 Å². The van der Waals surface area contributed by atoms with Crippen molar-refractivity contribution in [2.75, 3.05) is 20.3 Å². The highest BCUT2D eigenvalue weighted by molar-refractivity contribution is 8.26. The van der Waals surface area contributed by atoms with Crippen molar-refractivity contribution in [3.63, 3.8) is 0 Å². The minimum Gasteiger partial charge on any atom is -0.504 e.